The fourth-order valence-electron chi connectivity index (χ4n) is 2.85. The van der Waals surface area contributed by atoms with E-state index in [0.29, 0.717) is 12.1 Å². The van der Waals surface area contributed by atoms with E-state index in [1.807, 2.05) is 0 Å². The van der Waals surface area contributed by atoms with Gasteiger partial charge in [0.2, 0.25) is 0 Å². The van der Waals surface area contributed by atoms with Crippen LogP contribution in [0.5, 0.6) is 0 Å². The molecule has 0 aliphatic carbocycles. The van der Waals surface area contributed by atoms with Crippen molar-refractivity contribution in [3.8, 4) is 0 Å². The normalized spacial score (nSPS) is 23.7. The van der Waals surface area contributed by atoms with Crippen LogP contribution in [0.1, 0.15) is 38.7 Å². The van der Waals surface area contributed by atoms with Gasteiger partial charge in [-0.2, -0.15) is 0 Å². The maximum atomic E-state index is 3.66. The predicted octanol–water partition coefficient (Wildman–Crippen LogP) is 4.11. The maximum absolute atomic E-state index is 3.66. The highest BCUT2D eigenvalue weighted by Gasteiger charge is 2.25. The fourth-order valence-corrected chi connectivity index (χ4v) is 3.22. The number of nitrogens with zero attached hydrogens (tertiary/aromatic N) is 1. The summed E-state index contributed by atoms with van der Waals surface area (Å²) in [5.41, 5.74) is 2.65. The number of anilines is 1. The lowest BCUT2D eigenvalue weighted by atomic mass is 9.97. The Hall–Kier alpha value is -0.540. The van der Waals surface area contributed by atoms with Gasteiger partial charge in [-0.3, -0.25) is 0 Å². The first-order valence-corrected chi connectivity index (χ1v) is 8.17. The van der Waals surface area contributed by atoms with Crippen molar-refractivity contribution >= 4 is 21.6 Å². The van der Waals surface area contributed by atoms with Gasteiger partial charge >= 0.3 is 0 Å². The Kier molecular flexibility index (Phi) is 5.28. The molecule has 0 aromatic heterocycles. The van der Waals surface area contributed by atoms with Crippen molar-refractivity contribution in [1.29, 1.82) is 0 Å². The van der Waals surface area contributed by atoms with Gasteiger partial charge in [0.25, 0.3) is 0 Å². The van der Waals surface area contributed by atoms with Crippen molar-refractivity contribution in [3.63, 3.8) is 0 Å². The summed E-state index contributed by atoms with van der Waals surface area (Å²) in [7, 11) is 0. The smallest absolute Gasteiger partial charge is 0.0380 e. The summed E-state index contributed by atoms with van der Waals surface area (Å²) in [4.78, 5) is 2.54. The van der Waals surface area contributed by atoms with E-state index in [0.717, 1.165) is 13.1 Å². The molecule has 0 radical (unpaired) electrons. The molecule has 2 nitrogen and oxygen atoms in total. The summed E-state index contributed by atoms with van der Waals surface area (Å²) in [5, 5.41) is 3.66. The zero-order valence-corrected chi connectivity index (χ0v) is 13.8. The van der Waals surface area contributed by atoms with E-state index >= 15 is 0 Å². The summed E-state index contributed by atoms with van der Waals surface area (Å²) in [6, 6.07) is 8.01. The molecule has 1 saturated heterocycles. The van der Waals surface area contributed by atoms with Crippen molar-refractivity contribution in [3.05, 3.63) is 28.2 Å². The van der Waals surface area contributed by atoms with Crippen molar-refractivity contribution in [1.82, 2.24) is 5.32 Å². The van der Waals surface area contributed by atoms with E-state index in [9.17, 15) is 0 Å². The third-order valence-electron chi connectivity index (χ3n) is 4.05. The van der Waals surface area contributed by atoms with Crippen LogP contribution in [0.3, 0.4) is 0 Å². The molecule has 0 spiro atoms. The minimum Gasteiger partial charge on any atom is -0.369 e. The standard InChI is InChI=1S/C16H25BrN2/c1-4-8-18-14-7-9-19(13(3)10-14)15-6-5-12(2)16(17)11-15/h5-6,11,13-14,18H,4,7-10H2,1-3H3. The Balaban J connectivity index is 2.01. The van der Waals surface area contributed by atoms with Crippen LogP contribution in [0.4, 0.5) is 5.69 Å². The highest BCUT2D eigenvalue weighted by molar-refractivity contribution is 9.10. The van der Waals surface area contributed by atoms with Gasteiger partial charge in [0.15, 0.2) is 0 Å². The molecule has 2 rings (SSSR count). The maximum Gasteiger partial charge on any atom is 0.0380 e. The highest BCUT2D eigenvalue weighted by Crippen LogP contribution is 2.28. The summed E-state index contributed by atoms with van der Waals surface area (Å²) in [6.45, 7) is 9.01. The van der Waals surface area contributed by atoms with Crippen LogP contribution >= 0.6 is 15.9 Å². The number of rotatable bonds is 4. The molecule has 1 fully saturated rings. The van der Waals surface area contributed by atoms with Crippen LogP contribution in [-0.4, -0.2) is 25.2 Å². The minimum atomic E-state index is 0.609. The van der Waals surface area contributed by atoms with Crippen molar-refractivity contribution in [2.45, 2.75) is 52.1 Å². The Morgan fingerprint density at radius 3 is 2.84 bits per heavy atom. The lowest BCUT2D eigenvalue weighted by Crippen LogP contribution is -2.47. The molecule has 0 bridgehead atoms. The topological polar surface area (TPSA) is 15.3 Å². The lowest BCUT2D eigenvalue weighted by molar-refractivity contribution is 0.369. The second kappa shape index (κ2) is 6.76. The first-order chi connectivity index (χ1) is 9.11. The van der Waals surface area contributed by atoms with E-state index in [-0.39, 0.29) is 0 Å². The number of piperidine rings is 1. The number of benzene rings is 1. The molecule has 1 aliphatic rings. The van der Waals surface area contributed by atoms with Gasteiger partial charge in [0.05, 0.1) is 0 Å². The molecule has 1 aromatic carbocycles. The number of nitrogens with one attached hydrogen (secondary N) is 1. The summed E-state index contributed by atoms with van der Waals surface area (Å²) in [5.74, 6) is 0. The summed E-state index contributed by atoms with van der Waals surface area (Å²) in [6.07, 6.45) is 3.71. The van der Waals surface area contributed by atoms with Gasteiger partial charge in [-0.15, -0.1) is 0 Å². The van der Waals surface area contributed by atoms with Crippen molar-refractivity contribution < 1.29 is 0 Å². The van der Waals surface area contributed by atoms with Crippen LogP contribution in [-0.2, 0) is 0 Å². The summed E-state index contributed by atoms with van der Waals surface area (Å²) < 4.78 is 1.21. The summed E-state index contributed by atoms with van der Waals surface area (Å²) >= 11 is 3.64. The van der Waals surface area contributed by atoms with Gasteiger partial charge in [-0.1, -0.05) is 28.9 Å². The molecule has 1 aromatic rings. The van der Waals surface area contributed by atoms with Crippen LogP contribution in [0.25, 0.3) is 0 Å². The highest BCUT2D eigenvalue weighted by atomic mass is 79.9. The van der Waals surface area contributed by atoms with E-state index in [2.05, 4.69) is 65.1 Å². The Bertz CT molecular complexity index is 419. The van der Waals surface area contributed by atoms with E-state index in [1.54, 1.807) is 0 Å². The molecule has 1 aliphatic heterocycles. The molecule has 2 unspecified atom stereocenters. The molecular formula is C16H25BrN2. The lowest BCUT2D eigenvalue weighted by Gasteiger charge is -2.39. The van der Waals surface area contributed by atoms with Gasteiger partial charge in [0.1, 0.15) is 0 Å². The Morgan fingerprint density at radius 2 is 2.21 bits per heavy atom. The largest absolute Gasteiger partial charge is 0.369 e. The molecule has 0 amide bonds. The third-order valence-corrected chi connectivity index (χ3v) is 4.90. The quantitative estimate of drug-likeness (QED) is 0.896. The SMILES string of the molecule is CCCNC1CCN(c2ccc(C)c(Br)c2)C(C)C1. The van der Waals surface area contributed by atoms with Crippen molar-refractivity contribution in [2.24, 2.45) is 0 Å². The first kappa shape index (κ1) is 14.9. The third kappa shape index (κ3) is 3.73. The molecule has 0 saturated carbocycles. The number of halogens is 1. The number of hydrogen-bond acceptors (Lipinski definition) is 2. The first-order valence-electron chi connectivity index (χ1n) is 7.38. The van der Waals surface area contributed by atoms with Crippen LogP contribution in [0, 0.1) is 6.92 Å². The molecule has 2 atom stereocenters. The second-order valence-corrected chi connectivity index (χ2v) is 6.51. The monoisotopic (exact) mass is 324 g/mol. The average Bonchev–Trinajstić information content (AvgIpc) is 2.40. The van der Waals surface area contributed by atoms with Gasteiger partial charge in [0, 0.05) is 28.8 Å². The number of aryl methyl sites for hydroxylation is 1. The van der Waals surface area contributed by atoms with E-state index in [4.69, 9.17) is 0 Å². The van der Waals surface area contributed by atoms with Gasteiger partial charge in [-0.05, 0) is 57.4 Å². The number of hydrogen-bond donors (Lipinski definition) is 1. The van der Waals surface area contributed by atoms with E-state index in [1.165, 1.54) is 35.0 Å². The van der Waals surface area contributed by atoms with Crippen molar-refractivity contribution in [2.75, 3.05) is 18.0 Å². The van der Waals surface area contributed by atoms with E-state index < -0.39 is 0 Å². The molecule has 1 N–H and O–H groups in total. The molecule has 106 valence electrons. The molecular weight excluding hydrogens is 300 g/mol. The van der Waals surface area contributed by atoms with Crippen LogP contribution < -0.4 is 10.2 Å². The van der Waals surface area contributed by atoms with Crippen LogP contribution in [0.2, 0.25) is 0 Å². The zero-order valence-electron chi connectivity index (χ0n) is 12.2. The Labute approximate surface area is 125 Å². The van der Waals surface area contributed by atoms with Crippen LogP contribution in [0.15, 0.2) is 22.7 Å². The second-order valence-electron chi connectivity index (χ2n) is 5.65. The molecule has 19 heavy (non-hydrogen) atoms. The Morgan fingerprint density at radius 1 is 1.42 bits per heavy atom. The average molecular weight is 325 g/mol. The van der Waals surface area contributed by atoms with Gasteiger partial charge < -0.3 is 10.2 Å². The molecule has 1 heterocycles. The molecule has 3 heteroatoms. The van der Waals surface area contributed by atoms with Gasteiger partial charge in [-0.25, -0.2) is 0 Å². The minimum absolute atomic E-state index is 0.609. The predicted molar refractivity (Wildman–Crippen MR) is 87.0 cm³/mol. The fraction of sp³-hybridized carbons (Fsp3) is 0.625. The zero-order chi connectivity index (χ0) is 13.8.